The number of carbonyl (C=O) groups is 1. The molecule has 0 radical (unpaired) electrons. The van der Waals surface area contributed by atoms with E-state index in [0.29, 0.717) is 19.4 Å². The zero-order chi connectivity index (χ0) is 18.7. The van der Waals surface area contributed by atoms with Crippen molar-refractivity contribution in [1.29, 1.82) is 0 Å². The molecular formula is C20H24N2O3S. The summed E-state index contributed by atoms with van der Waals surface area (Å²) in [6.45, 7) is 4.18. The number of nitrogens with zero attached hydrogens (tertiary/aromatic N) is 1. The lowest BCUT2D eigenvalue weighted by Gasteiger charge is -2.25. The Labute approximate surface area is 155 Å². The van der Waals surface area contributed by atoms with Gasteiger partial charge in [0.05, 0.1) is 10.9 Å². The number of amides is 1. The summed E-state index contributed by atoms with van der Waals surface area (Å²) in [5.74, 6) is -0.241. The van der Waals surface area contributed by atoms with Crippen LogP contribution in [0.1, 0.15) is 36.9 Å². The van der Waals surface area contributed by atoms with Gasteiger partial charge in [0.15, 0.2) is 0 Å². The Kier molecular flexibility index (Phi) is 5.44. The van der Waals surface area contributed by atoms with Gasteiger partial charge in [-0.05, 0) is 44.4 Å². The molecule has 2 aromatic rings. The highest BCUT2D eigenvalue weighted by atomic mass is 32.2. The molecule has 1 amide bonds. The molecule has 1 N–H and O–H groups in total. The van der Waals surface area contributed by atoms with E-state index in [0.717, 1.165) is 11.1 Å². The summed E-state index contributed by atoms with van der Waals surface area (Å²) in [7, 11) is -3.68. The molecule has 138 valence electrons. The van der Waals surface area contributed by atoms with Gasteiger partial charge in [0.2, 0.25) is 15.9 Å². The third-order valence-corrected chi connectivity index (χ3v) is 6.71. The van der Waals surface area contributed by atoms with Crippen LogP contribution in [0, 0.1) is 6.92 Å². The van der Waals surface area contributed by atoms with Crippen molar-refractivity contribution < 1.29 is 13.2 Å². The lowest BCUT2D eigenvalue weighted by molar-refractivity contribution is -0.124. The first-order valence-electron chi connectivity index (χ1n) is 8.83. The van der Waals surface area contributed by atoms with Crippen molar-refractivity contribution >= 4 is 15.9 Å². The van der Waals surface area contributed by atoms with Crippen molar-refractivity contribution in [3.8, 4) is 0 Å². The summed E-state index contributed by atoms with van der Waals surface area (Å²) in [5.41, 5.74) is 1.99. The predicted octanol–water partition coefficient (Wildman–Crippen LogP) is 3.03. The molecule has 1 fully saturated rings. The molecule has 1 heterocycles. The van der Waals surface area contributed by atoms with E-state index >= 15 is 0 Å². The van der Waals surface area contributed by atoms with Gasteiger partial charge in [0, 0.05) is 6.54 Å². The van der Waals surface area contributed by atoms with Crippen LogP contribution in [0.4, 0.5) is 0 Å². The van der Waals surface area contributed by atoms with Crippen molar-refractivity contribution in [2.45, 2.75) is 43.7 Å². The van der Waals surface area contributed by atoms with Crippen molar-refractivity contribution in [1.82, 2.24) is 9.62 Å². The van der Waals surface area contributed by atoms with Crippen LogP contribution >= 0.6 is 0 Å². The van der Waals surface area contributed by atoms with Crippen LogP contribution in [0.15, 0.2) is 59.5 Å². The zero-order valence-corrected chi connectivity index (χ0v) is 15.9. The Morgan fingerprint density at radius 2 is 1.77 bits per heavy atom. The van der Waals surface area contributed by atoms with Crippen LogP contribution in [-0.4, -0.2) is 31.2 Å². The minimum absolute atomic E-state index is 0.173. The SMILES string of the molecule is Cc1ccc(S(=O)(=O)N2CCC[C@@H]2C(=O)N[C@H](C)c2ccccc2)cc1. The molecule has 3 rings (SSSR count). The van der Waals surface area contributed by atoms with Crippen LogP contribution in [0.3, 0.4) is 0 Å². The van der Waals surface area contributed by atoms with Gasteiger partial charge in [-0.15, -0.1) is 0 Å². The zero-order valence-electron chi connectivity index (χ0n) is 15.1. The smallest absolute Gasteiger partial charge is 0.243 e. The van der Waals surface area contributed by atoms with Crippen molar-refractivity contribution in [2.24, 2.45) is 0 Å². The molecule has 5 nitrogen and oxygen atoms in total. The topological polar surface area (TPSA) is 66.5 Å². The van der Waals surface area contributed by atoms with E-state index in [9.17, 15) is 13.2 Å². The molecule has 0 unspecified atom stereocenters. The third kappa shape index (κ3) is 3.81. The number of aryl methyl sites for hydroxylation is 1. The first-order valence-corrected chi connectivity index (χ1v) is 10.3. The van der Waals surface area contributed by atoms with E-state index in [1.807, 2.05) is 44.2 Å². The van der Waals surface area contributed by atoms with Crippen LogP contribution in [0.25, 0.3) is 0 Å². The van der Waals surface area contributed by atoms with E-state index < -0.39 is 16.1 Å². The standard InChI is InChI=1S/C20H24N2O3S/c1-15-10-12-18(13-11-15)26(24,25)22-14-6-9-19(22)20(23)21-16(2)17-7-4-3-5-8-17/h3-5,7-8,10-13,16,19H,6,9,14H2,1-2H3,(H,21,23)/t16-,19-/m1/s1. The lowest BCUT2D eigenvalue weighted by atomic mass is 10.1. The molecule has 0 aliphatic carbocycles. The number of rotatable bonds is 5. The summed E-state index contributed by atoms with van der Waals surface area (Å²) in [5, 5.41) is 2.96. The Morgan fingerprint density at radius 3 is 2.42 bits per heavy atom. The fraction of sp³-hybridized carbons (Fsp3) is 0.350. The molecule has 0 bridgehead atoms. The van der Waals surface area contributed by atoms with Gasteiger partial charge in [-0.3, -0.25) is 4.79 Å². The molecule has 0 aromatic heterocycles. The fourth-order valence-corrected chi connectivity index (χ4v) is 4.93. The maximum absolute atomic E-state index is 13.0. The highest BCUT2D eigenvalue weighted by Crippen LogP contribution is 2.27. The maximum Gasteiger partial charge on any atom is 0.243 e. The second-order valence-electron chi connectivity index (χ2n) is 6.73. The van der Waals surface area contributed by atoms with E-state index in [1.165, 1.54) is 4.31 Å². The average Bonchev–Trinajstić information content (AvgIpc) is 3.13. The molecule has 2 aromatic carbocycles. The van der Waals surface area contributed by atoms with Crippen molar-refractivity contribution in [2.75, 3.05) is 6.54 Å². The van der Waals surface area contributed by atoms with Crippen LogP contribution < -0.4 is 5.32 Å². The minimum Gasteiger partial charge on any atom is -0.348 e. The Bertz CT molecular complexity index is 864. The molecule has 1 saturated heterocycles. The summed E-state index contributed by atoms with van der Waals surface area (Å²) in [4.78, 5) is 13.0. The minimum atomic E-state index is -3.68. The van der Waals surface area contributed by atoms with Crippen molar-refractivity contribution in [3.63, 3.8) is 0 Å². The Hall–Kier alpha value is -2.18. The molecular weight excluding hydrogens is 348 g/mol. The third-order valence-electron chi connectivity index (χ3n) is 4.79. The summed E-state index contributed by atoms with van der Waals surface area (Å²) in [6, 6.07) is 15.6. The summed E-state index contributed by atoms with van der Waals surface area (Å²) < 4.78 is 27.3. The van der Waals surface area contributed by atoms with E-state index in [-0.39, 0.29) is 16.8 Å². The Balaban J connectivity index is 1.77. The highest BCUT2D eigenvalue weighted by Gasteiger charge is 2.39. The van der Waals surface area contributed by atoms with Gasteiger partial charge in [-0.1, -0.05) is 48.0 Å². The molecule has 1 aliphatic rings. The first-order chi connectivity index (χ1) is 12.4. The van der Waals surface area contributed by atoms with Gasteiger partial charge >= 0.3 is 0 Å². The summed E-state index contributed by atoms with van der Waals surface area (Å²) in [6.07, 6.45) is 1.22. The predicted molar refractivity (Wildman–Crippen MR) is 101 cm³/mol. The van der Waals surface area contributed by atoms with Crippen LogP contribution in [-0.2, 0) is 14.8 Å². The average molecular weight is 372 g/mol. The molecule has 6 heteroatoms. The van der Waals surface area contributed by atoms with E-state index in [2.05, 4.69) is 5.32 Å². The molecule has 1 aliphatic heterocycles. The lowest BCUT2D eigenvalue weighted by Crippen LogP contribution is -2.46. The normalized spacial score (nSPS) is 19.2. The second-order valence-corrected chi connectivity index (χ2v) is 8.62. The largest absolute Gasteiger partial charge is 0.348 e. The number of benzene rings is 2. The molecule has 2 atom stereocenters. The van der Waals surface area contributed by atoms with Crippen LogP contribution in [0.5, 0.6) is 0 Å². The monoisotopic (exact) mass is 372 g/mol. The van der Waals surface area contributed by atoms with E-state index in [1.54, 1.807) is 24.3 Å². The molecule has 0 spiro atoms. The summed E-state index contributed by atoms with van der Waals surface area (Å²) >= 11 is 0. The van der Waals surface area contributed by atoms with Gasteiger partial charge in [0.25, 0.3) is 0 Å². The second kappa shape index (κ2) is 7.60. The van der Waals surface area contributed by atoms with Crippen LogP contribution in [0.2, 0.25) is 0 Å². The number of nitrogens with one attached hydrogen (secondary N) is 1. The van der Waals surface area contributed by atoms with Gasteiger partial charge in [-0.2, -0.15) is 4.31 Å². The first kappa shape index (κ1) is 18.6. The van der Waals surface area contributed by atoms with Gasteiger partial charge in [-0.25, -0.2) is 8.42 Å². The van der Waals surface area contributed by atoms with Gasteiger partial charge in [0.1, 0.15) is 6.04 Å². The number of sulfonamides is 1. The van der Waals surface area contributed by atoms with E-state index in [4.69, 9.17) is 0 Å². The quantitative estimate of drug-likeness (QED) is 0.877. The van der Waals surface area contributed by atoms with Crippen molar-refractivity contribution in [3.05, 3.63) is 65.7 Å². The number of hydrogen-bond donors (Lipinski definition) is 1. The molecule has 26 heavy (non-hydrogen) atoms. The Morgan fingerprint density at radius 1 is 1.12 bits per heavy atom. The highest BCUT2D eigenvalue weighted by molar-refractivity contribution is 7.89. The maximum atomic E-state index is 13.0. The molecule has 0 saturated carbocycles. The number of carbonyl (C=O) groups excluding carboxylic acids is 1. The fourth-order valence-electron chi connectivity index (χ4n) is 3.27. The van der Waals surface area contributed by atoms with Gasteiger partial charge < -0.3 is 5.32 Å². The number of hydrogen-bond acceptors (Lipinski definition) is 3.